The summed E-state index contributed by atoms with van der Waals surface area (Å²) in [5.74, 6) is -2.53. The number of aryl methyl sites for hydroxylation is 1. The van der Waals surface area contributed by atoms with Crippen molar-refractivity contribution >= 4 is 11.7 Å². The van der Waals surface area contributed by atoms with Gasteiger partial charge in [0.15, 0.2) is 11.6 Å². The molecular weight excluding hydrogens is 449 g/mol. The van der Waals surface area contributed by atoms with Crippen molar-refractivity contribution in [3.63, 3.8) is 0 Å². The summed E-state index contributed by atoms with van der Waals surface area (Å²) in [6, 6.07) is 3.98. The van der Waals surface area contributed by atoms with Crippen LogP contribution in [0.4, 0.5) is 19.0 Å². The molecule has 1 aliphatic heterocycles. The summed E-state index contributed by atoms with van der Waals surface area (Å²) in [5.41, 5.74) is 0.932. The van der Waals surface area contributed by atoms with Crippen molar-refractivity contribution in [2.24, 2.45) is 13.0 Å². The Bertz CT molecular complexity index is 1140. The van der Waals surface area contributed by atoms with Gasteiger partial charge in [0.2, 0.25) is 5.91 Å². The zero-order chi connectivity index (χ0) is 24.2. The Morgan fingerprint density at radius 1 is 1.18 bits per heavy atom. The number of hydrogen-bond donors (Lipinski definition) is 2. The molecule has 0 spiro atoms. The molecule has 4 rings (SSSR count). The maximum atomic E-state index is 15.2. The van der Waals surface area contributed by atoms with E-state index < -0.39 is 23.5 Å². The number of amides is 1. The van der Waals surface area contributed by atoms with Crippen molar-refractivity contribution in [1.82, 2.24) is 25.1 Å². The fourth-order valence-corrected chi connectivity index (χ4v) is 4.24. The number of aromatic nitrogens is 4. The molecule has 0 saturated carbocycles. The molecule has 2 N–H and O–H groups in total. The van der Waals surface area contributed by atoms with Gasteiger partial charge in [-0.3, -0.25) is 9.48 Å². The molecule has 0 radical (unpaired) electrons. The first-order valence-corrected chi connectivity index (χ1v) is 11.0. The maximum absolute atomic E-state index is 15.2. The molecule has 0 aliphatic carbocycles. The fourth-order valence-electron chi connectivity index (χ4n) is 4.24. The number of nitrogens with one attached hydrogen (secondary N) is 1. The molecule has 1 saturated heterocycles. The number of aliphatic hydroxyl groups is 1. The smallest absolute Gasteiger partial charge is 0.223 e. The van der Waals surface area contributed by atoms with Crippen LogP contribution in [-0.4, -0.2) is 50.5 Å². The lowest BCUT2D eigenvalue weighted by atomic mass is 9.94. The van der Waals surface area contributed by atoms with E-state index in [1.54, 1.807) is 24.2 Å². The van der Waals surface area contributed by atoms with E-state index in [9.17, 15) is 18.7 Å². The van der Waals surface area contributed by atoms with Crippen LogP contribution in [0, 0.1) is 23.4 Å². The maximum Gasteiger partial charge on any atom is 0.223 e. The Labute approximate surface area is 194 Å². The molecule has 34 heavy (non-hydrogen) atoms. The van der Waals surface area contributed by atoms with Crippen LogP contribution in [0.15, 0.2) is 36.8 Å². The van der Waals surface area contributed by atoms with E-state index >= 15 is 4.39 Å². The van der Waals surface area contributed by atoms with Gasteiger partial charge in [-0.15, -0.1) is 0 Å². The van der Waals surface area contributed by atoms with Crippen LogP contribution < -0.4 is 10.2 Å². The van der Waals surface area contributed by atoms with E-state index in [1.165, 1.54) is 11.0 Å². The van der Waals surface area contributed by atoms with E-state index in [-0.39, 0.29) is 41.9 Å². The minimum Gasteiger partial charge on any atom is -0.396 e. The minimum absolute atomic E-state index is 0.121. The zero-order valence-corrected chi connectivity index (χ0v) is 18.6. The van der Waals surface area contributed by atoms with Crippen molar-refractivity contribution in [3.8, 4) is 11.4 Å². The van der Waals surface area contributed by atoms with Gasteiger partial charge in [0.25, 0.3) is 0 Å². The largest absolute Gasteiger partial charge is 0.396 e. The van der Waals surface area contributed by atoms with Crippen LogP contribution in [0.2, 0.25) is 0 Å². The highest BCUT2D eigenvalue weighted by molar-refractivity contribution is 5.79. The van der Waals surface area contributed by atoms with Crippen LogP contribution >= 0.6 is 0 Å². The second-order valence-electron chi connectivity index (χ2n) is 8.24. The predicted octanol–water partition coefficient (Wildman–Crippen LogP) is 2.75. The summed E-state index contributed by atoms with van der Waals surface area (Å²) in [7, 11) is 1.70. The van der Waals surface area contributed by atoms with Gasteiger partial charge >= 0.3 is 0 Å². The van der Waals surface area contributed by atoms with E-state index in [2.05, 4.69) is 20.4 Å². The van der Waals surface area contributed by atoms with E-state index in [1.807, 2.05) is 0 Å². The van der Waals surface area contributed by atoms with Crippen LogP contribution in [0.5, 0.6) is 0 Å². The standard InChI is InChI=1S/C23H25F3N6O2/c1-31-19(2-6-29-31)21-20(26)22(28-13-27-21)32-7-3-14(4-8-32)23(34)30-18(5-9-33)15-10-16(24)12-17(25)11-15/h2,6,10-14,18,33H,3-5,7-9H2,1H3,(H,30,34)/t18-/m0/s1. The summed E-state index contributed by atoms with van der Waals surface area (Å²) in [5, 5.41) is 16.2. The molecule has 0 bridgehead atoms. The average molecular weight is 474 g/mol. The molecule has 0 unspecified atom stereocenters. The lowest BCUT2D eigenvalue weighted by molar-refractivity contribution is -0.126. The Morgan fingerprint density at radius 2 is 1.88 bits per heavy atom. The first-order chi connectivity index (χ1) is 16.4. The van der Waals surface area contributed by atoms with Crippen molar-refractivity contribution < 1.29 is 23.1 Å². The van der Waals surface area contributed by atoms with E-state index in [4.69, 9.17) is 0 Å². The number of piperidine rings is 1. The highest BCUT2D eigenvalue weighted by Gasteiger charge is 2.29. The molecule has 1 aliphatic rings. The number of nitrogens with zero attached hydrogens (tertiary/aromatic N) is 5. The third-order valence-electron chi connectivity index (χ3n) is 6.02. The van der Waals surface area contributed by atoms with Gasteiger partial charge < -0.3 is 15.3 Å². The van der Waals surface area contributed by atoms with E-state index in [0.717, 1.165) is 18.2 Å². The molecule has 3 aromatic rings. The lowest BCUT2D eigenvalue weighted by Crippen LogP contribution is -2.42. The number of carbonyl (C=O) groups is 1. The van der Waals surface area contributed by atoms with Gasteiger partial charge in [-0.25, -0.2) is 23.1 Å². The molecule has 1 amide bonds. The zero-order valence-electron chi connectivity index (χ0n) is 18.6. The number of anilines is 1. The highest BCUT2D eigenvalue weighted by atomic mass is 19.1. The van der Waals surface area contributed by atoms with Gasteiger partial charge in [-0.1, -0.05) is 0 Å². The van der Waals surface area contributed by atoms with Crippen LogP contribution in [0.25, 0.3) is 11.4 Å². The van der Waals surface area contributed by atoms with Gasteiger partial charge in [0.1, 0.15) is 23.7 Å². The first-order valence-electron chi connectivity index (χ1n) is 11.0. The van der Waals surface area contributed by atoms with E-state index in [0.29, 0.717) is 31.6 Å². The van der Waals surface area contributed by atoms with Crippen LogP contribution in [-0.2, 0) is 11.8 Å². The summed E-state index contributed by atoms with van der Waals surface area (Å²) in [4.78, 5) is 22.8. The predicted molar refractivity (Wildman–Crippen MR) is 118 cm³/mol. The van der Waals surface area contributed by atoms with Crippen molar-refractivity contribution in [1.29, 1.82) is 0 Å². The Kier molecular flexibility index (Phi) is 7.11. The van der Waals surface area contributed by atoms with Crippen LogP contribution in [0.1, 0.15) is 30.9 Å². The number of halogens is 3. The monoisotopic (exact) mass is 474 g/mol. The average Bonchev–Trinajstić information content (AvgIpc) is 3.24. The SMILES string of the molecule is Cn1nccc1-c1ncnc(N2CCC(C(=O)N[C@@H](CCO)c3cc(F)cc(F)c3)CC2)c1F. The number of hydrogen-bond acceptors (Lipinski definition) is 6. The van der Waals surface area contributed by atoms with Crippen molar-refractivity contribution in [3.05, 3.63) is 59.8 Å². The van der Waals surface area contributed by atoms with Crippen molar-refractivity contribution in [2.75, 3.05) is 24.6 Å². The molecule has 11 heteroatoms. The normalized spacial score (nSPS) is 15.4. The third-order valence-corrected chi connectivity index (χ3v) is 6.02. The molecule has 2 aromatic heterocycles. The summed E-state index contributed by atoms with van der Waals surface area (Å²) in [6.45, 7) is 0.541. The molecule has 180 valence electrons. The molecule has 1 atom stereocenters. The molecule has 1 fully saturated rings. The lowest BCUT2D eigenvalue weighted by Gasteiger charge is -2.33. The number of benzene rings is 1. The minimum atomic E-state index is -0.752. The van der Waals surface area contributed by atoms with Crippen molar-refractivity contribution in [2.45, 2.75) is 25.3 Å². The topological polar surface area (TPSA) is 96.2 Å². The highest BCUT2D eigenvalue weighted by Crippen LogP contribution is 2.29. The van der Waals surface area contributed by atoms with Gasteiger partial charge in [0, 0.05) is 44.9 Å². The second kappa shape index (κ2) is 10.2. The van der Waals surface area contributed by atoms with Gasteiger partial charge in [-0.05, 0) is 43.0 Å². The van der Waals surface area contributed by atoms with Crippen LogP contribution in [0.3, 0.4) is 0 Å². The quantitative estimate of drug-likeness (QED) is 0.547. The summed E-state index contributed by atoms with van der Waals surface area (Å²) < 4.78 is 44.0. The Hall–Kier alpha value is -3.47. The number of rotatable bonds is 7. The molecule has 1 aromatic carbocycles. The fraction of sp³-hybridized carbons (Fsp3) is 0.391. The number of carbonyl (C=O) groups excluding carboxylic acids is 1. The Morgan fingerprint density at radius 3 is 2.50 bits per heavy atom. The molecule has 3 heterocycles. The summed E-state index contributed by atoms with van der Waals surface area (Å²) >= 11 is 0. The first kappa shape index (κ1) is 23.7. The summed E-state index contributed by atoms with van der Waals surface area (Å²) in [6.07, 6.45) is 3.87. The number of aliphatic hydroxyl groups excluding tert-OH is 1. The van der Waals surface area contributed by atoms with Gasteiger partial charge in [0.05, 0.1) is 11.7 Å². The molecule has 8 nitrogen and oxygen atoms in total. The third kappa shape index (κ3) is 5.04. The Balaban J connectivity index is 1.42. The second-order valence-corrected chi connectivity index (χ2v) is 8.24. The van der Waals surface area contributed by atoms with Gasteiger partial charge in [-0.2, -0.15) is 5.10 Å². The molecular formula is C23H25F3N6O2.